The van der Waals surface area contributed by atoms with Gasteiger partial charge in [-0.2, -0.15) is 0 Å². The molecule has 0 spiro atoms. The van der Waals surface area contributed by atoms with Gasteiger partial charge in [-0.3, -0.25) is 9.52 Å². The molecule has 140 valence electrons. The molecule has 0 fully saturated rings. The topological polar surface area (TPSA) is 84.5 Å². The molecule has 0 radical (unpaired) electrons. The summed E-state index contributed by atoms with van der Waals surface area (Å²) in [7, 11) is -3.33. The predicted molar refractivity (Wildman–Crippen MR) is 103 cm³/mol. The summed E-state index contributed by atoms with van der Waals surface area (Å²) in [6, 6.07) is 13.7. The van der Waals surface area contributed by atoms with Crippen LogP contribution < -0.4 is 14.8 Å². The molecule has 0 bridgehead atoms. The molecule has 1 amide bonds. The Hall–Kier alpha value is -2.54. The Morgan fingerprint density at radius 1 is 1.04 bits per heavy atom. The average Bonchev–Trinajstić information content (AvgIpc) is 2.63. The van der Waals surface area contributed by atoms with E-state index >= 15 is 0 Å². The minimum Gasteiger partial charge on any atom is -0.494 e. The van der Waals surface area contributed by atoms with E-state index in [4.69, 9.17) is 4.74 Å². The Kier molecular flexibility index (Phi) is 6.63. The van der Waals surface area contributed by atoms with Crippen LogP contribution in [0, 0.1) is 0 Å². The summed E-state index contributed by atoms with van der Waals surface area (Å²) in [6.45, 7) is 6.00. The fraction of sp³-hybridized carbons (Fsp3) is 0.316. The van der Waals surface area contributed by atoms with Crippen molar-refractivity contribution in [2.45, 2.75) is 26.8 Å². The van der Waals surface area contributed by atoms with Crippen molar-refractivity contribution in [2.24, 2.45) is 0 Å². The number of anilines is 1. The minimum absolute atomic E-state index is 0.00512. The molecule has 26 heavy (non-hydrogen) atoms. The lowest BCUT2D eigenvalue weighted by Gasteiger charge is -2.15. The molecule has 0 aliphatic carbocycles. The number of carbonyl (C=O) groups is 1. The summed E-state index contributed by atoms with van der Waals surface area (Å²) in [5, 5.41) is 2.92. The zero-order valence-electron chi connectivity index (χ0n) is 15.2. The SMILES string of the molecule is CCOc1ccc(C(C)NC(=O)c2ccc(NS(=O)(=O)CC)cc2)cc1. The van der Waals surface area contributed by atoms with Gasteiger partial charge in [0, 0.05) is 11.3 Å². The number of benzene rings is 2. The van der Waals surface area contributed by atoms with E-state index in [0.717, 1.165) is 11.3 Å². The summed E-state index contributed by atoms with van der Waals surface area (Å²) in [5.41, 5.74) is 1.86. The van der Waals surface area contributed by atoms with Gasteiger partial charge in [-0.05, 0) is 62.7 Å². The van der Waals surface area contributed by atoms with Crippen LogP contribution in [0.3, 0.4) is 0 Å². The first kappa shape index (κ1) is 19.8. The number of amides is 1. The molecule has 6 nitrogen and oxygen atoms in total. The van der Waals surface area contributed by atoms with Crippen molar-refractivity contribution in [2.75, 3.05) is 17.1 Å². The number of ether oxygens (including phenoxy) is 1. The fourth-order valence-electron chi connectivity index (χ4n) is 2.32. The van der Waals surface area contributed by atoms with Crippen LogP contribution in [0.2, 0.25) is 0 Å². The molecule has 1 unspecified atom stereocenters. The van der Waals surface area contributed by atoms with Crippen molar-refractivity contribution in [1.29, 1.82) is 0 Å². The van der Waals surface area contributed by atoms with Gasteiger partial charge >= 0.3 is 0 Å². The van der Waals surface area contributed by atoms with Gasteiger partial charge in [0.05, 0.1) is 18.4 Å². The Balaban J connectivity index is 2.00. The number of sulfonamides is 1. The number of rotatable bonds is 8. The highest BCUT2D eigenvalue weighted by molar-refractivity contribution is 7.92. The van der Waals surface area contributed by atoms with E-state index in [-0.39, 0.29) is 17.7 Å². The van der Waals surface area contributed by atoms with Gasteiger partial charge in [0.2, 0.25) is 10.0 Å². The van der Waals surface area contributed by atoms with Gasteiger partial charge < -0.3 is 10.1 Å². The maximum Gasteiger partial charge on any atom is 0.251 e. The van der Waals surface area contributed by atoms with Crippen molar-refractivity contribution < 1.29 is 17.9 Å². The van der Waals surface area contributed by atoms with Crippen molar-refractivity contribution in [1.82, 2.24) is 5.32 Å². The molecule has 2 rings (SSSR count). The Labute approximate surface area is 154 Å². The van der Waals surface area contributed by atoms with E-state index in [1.807, 2.05) is 38.1 Å². The Bertz CT molecular complexity index is 831. The minimum atomic E-state index is -3.33. The molecule has 0 saturated carbocycles. The van der Waals surface area contributed by atoms with Crippen molar-refractivity contribution in [3.8, 4) is 5.75 Å². The maximum absolute atomic E-state index is 12.4. The first-order valence-corrected chi connectivity index (χ1v) is 10.1. The predicted octanol–water partition coefficient (Wildman–Crippen LogP) is 3.34. The third-order valence-electron chi connectivity index (χ3n) is 3.84. The average molecular weight is 376 g/mol. The number of hydrogen-bond acceptors (Lipinski definition) is 4. The van der Waals surface area contributed by atoms with E-state index in [1.54, 1.807) is 31.2 Å². The number of nitrogens with one attached hydrogen (secondary N) is 2. The quantitative estimate of drug-likeness (QED) is 0.740. The van der Waals surface area contributed by atoms with Gasteiger partial charge in [-0.15, -0.1) is 0 Å². The molecule has 0 saturated heterocycles. The van der Waals surface area contributed by atoms with E-state index < -0.39 is 10.0 Å². The van der Waals surface area contributed by atoms with Crippen LogP contribution in [0.25, 0.3) is 0 Å². The van der Waals surface area contributed by atoms with Crippen LogP contribution in [0.1, 0.15) is 42.7 Å². The lowest BCUT2D eigenvalue weighted by Crippen LogP contribution is -2.26. The molecule has 0 heterocycles. The van der Waals surface area contributed by atoms with Crippen molar-refractivity contribution in [3.05, 3.63) is 59.7 Å². The second-order valence-electron chi connectivity index (χ2n) is 5.78. The smallest absolute Gasteiger partial charge is 0.251 e. The molecule has 0 aliphatic rings. The van der Waals surface area contributed by atoms with Gasteiger partial charge in [0.25, 0.3) is 5.91 Å². The third kappa shape index (κ3) is 5.49. The summed E-state index contributed by atoms with van der Waals surface area (Å²) in [5.74, 6) is 0.561. The lowest BCUT2D eigenvalue weighted by molar-refractivity contribution is 0.0940. The van der Waals surface area contributed by atoms with Crippen LogP contribution in [-0.2, 0) is 10.0 Å². The van der Waals surface area contributed by atoms with Crippen LogP contribution in [0.5, 0.6) is 5.75 Å². The monoisotopic (exact) mass is 376 g/mol. The zero-order chi connectivity index (χ0) is 19.2. The summed E-state index contributed by atoms with van der Waals surface area (Å²) in [6.07, 6.45) is 0. The third-order valence-corrected chi connectivity index (χ3v) is 5.15. The first-order chi connectivity index (χ1) is 12.3. The molecular weight excluding hydrogens is 352 g/mol. The highest BCUT2D eigenvalue weighted by Crippen LogP contribution is 2.18. The van der Waals surface area contributed by atoms with Crippen LogP contribution in [-0.4, -0.2) is 26.7 Å². The Morgan fingerprint density at radius 3 is 2.19 bits per heavy atom. The molecule has 2 aromatic carbocycles. The summed E-state index contributed by atoms with van der Waals surface area (Å²) in [4.78, 5) is 12.4. The van der Waals surface area contributed by atoms with Gasteiger partial charge in [0.15, 0.2) is 0 Å². The Morgan fingerprint density at radius 2 is 1.65 bits per heavy atom. The molecule has 1 atom stereocenters. The van der Waals surface area contributed by atoms with Crippen LogP contribution in [0.15, 0.2) is 48.5 Å². The number of carbonyl (C=O) groups excluding carboxylic acids is 1. The maximum atomic E-state index is 12.4. The summed E-state index contributed by atoms with van der Waals surface area (Å²) >= 11 is 0. The highest BCUT2D eigenvalue weighted by atomic mass is 32.2. The number of hydrogen-bond donors (Lipinski definition) is 2. The van der Waals surface area contributed by atoms with Gasteiger partial charge in [0.1, 0.15) is 5.75 Å². The van der Waals surface area contributed by atoms with Crippen LogP contribution in [0.4, 0.5) is 5.69 Å². The molecule has 0 aromatic heterocycles. The van der Waals surface area contributed by atoms with Crippen LogP contribution >= 0.6 is 0 Å². The van der Waals surface area contributed by atoms with Gasteiger partial charge in [-0.1, -0.05) is 12.1 Å². The first-order valence-electron chi connectivity index (χ1n) is 8.48. The molecular formula is C19H24N2O4S. The fourth-order valence-corrected chi connectivity index (χ4v) is 2.96. The van der Waals surface area contributed by atoms with Crippen molar-refractivity contribution in [3.63, 3.8) is 0 Å². The molecule has 0 aliphatic heterocycles. The molecule has 2 aromatic rings. The largest absolute Gasteiger partial charge is 0.494 e. The van der Waals surface area contributed by atoms with E-state index in [1.165, 1.54) is 0 Å². The zero-order valence-corrected chi connectivity index (χ0v) is 16.0. The van der Waals surface area contributed by atoms with E-state index in [0.29, 0.717) is 17.9 Å². The van der Waals surface area contributed by atoms with E-state index in [9.17, 15) is 13.2 Å². The van der Waals surface area contributed by atoms with E-state index in [2.05, 4.69) is 10.0 Å². The standard InChI is InChI=1S/C19H24N2O4S/c1-4-25-18-12-8-15(9-13-18)14(3)20-19(22)16-6-10-17(11-7-16)21-26(23,24)5-2/h6-14,21H,4-5H2,1-3H3,(H,20,22). The second-order valence-corrected chi connectivity index (χ2v) is 7.79. The normalized spacial score (nSPS) is 12.3. The lowest BCUT2D eigenvalue weighted by atomic mass is 10.1. The van der Waals surface area contributed by atoms with Gasteiger partial charge in [-0.25, -0.2) is 8.42 Å². The molecule has 2 N–H and O–H groups in total. The highest BCUT2D eigenvalue weighted by Gasteiger charge is 2.12. The summed E-state index contributed by atoms with van der Waals surface area (Å²) < 4.78 is 31.0. The second kappa shape index (κ2) is 8.71. The molecule has 7 heteroatoms. The van der Waals surface area contributed by atoms with Crippen molar-refractivity contribution >= 4 is 21.6 Å².